The molecule has 0 fully saturated rings. The smallest absolute Gasteiger partial charge is 0.341 e. The van der Waals surface area contributed by atoms with Crippen LogP contribution in [0.4, 0.5) is 14.9 Å². The number of benzene rings is 2. The first kappa shape index (κ1) is 19.3. The Morgan fingerprint density at radius 3 is 2.50 bits per heavy atom. The van der Waals surface area contributed by atoms with E-state index in [1.54, 1.807) is 25.1 Å². The van der Waals surface area contributed by atoms with Crippen molar-refractivity contribution < 1.29 is 23.5 Å². The molecule has 3 rings (SSSR count). The van der Waals surface area contributed by atoms with Crippen molar-refractivity contribution in [2.24, 2.45) is 10.9 Å². The molecule has 0 bridgehead atoms. The molecule has 3 amide bonds. The molecule has 7 nitrogen and oxygen atoms in total. The van der Waals surface area contributed by atoms with E-state index in [1.807, 2.05) is 0 Å². The Balaban J connectivity index is 1.99. The van der Waals surface area contributed by atoms with Gasteiger partial charge in [0.05, 0.1) is 20.3 Å². The molecule has 2 N–H and O–H groups in total. The number of nitrogens with one attached hydrogen (secondary N) is 2. The summed E-state index contributed by atoms with van der Waals surface area (Å²) < 4.78 is 23.8. The predicted octanol–water partition coefficient (Wildman–Crippen LogP) is 3.32. The van der Waals surface area contributed by atoms with Crippen molar-refractivity contribution in [2.75, 3.05) is 19.5 Å². The first-order valence-corrected chi connectivity index (χ1v) is 8.57. The van der Waals surface area contributed by atoms with Crippen LogP contribution in [0.5, 0.6) is 11.5 Å². The molecular formula is C20H20FN3O4. The van der Waals surface area contributed by atoms with Gasteiger partial charge in [0.15, 0.2) is 0 Å². The summed E-state index contributed by atoms with van der Waals surface area (Å²) in [4.78, 5) is 28.9. The average Bonchev–Trinajstić information content (AvgIpc) is 2.68. The molecule has 8 heteroatoms. The number of methoxy groups -OCH3 is 2. The highest BCUT2D eigenvalue weighted by Crippen LogP contribution is 2.36. The fourth-order valence-corrected chi connectivity index (χ4v) is 3.15. The van der Waals surface area contributed by atoms with E-state index in [4.69, 9.17) is 9.47 Å². The summed E-state index contributed by atoms with van der Waals surface area (Å²) >= 11 is 0. The molecule has 2 atom stereocenters. The fourth-order valence-electron chi connectivity index (χ4n) is 3.15. The number of hydrogen-bond donors (Lipinski definition) is 2. The number of carbonyl (C=O) groups excluding carboxylic acids is 2. The van der Waals surface area contributed by atoms with Gasteiger partial charge in [-0.1, -0.05) is 0 Å². The highest BCUT2D eigenvalue weighted by Gasteiger charge is 2.38. The lowest BCUT2D eigenvalue weighted by atomic mass is 9.86. The first-order chi connectivity index (χ1) is 13.4. The summed E-state index contributed by atoms with van der Waals surface area (Å²) in [6, 6.07) is 9.31. The van der Waals surface area contributed by atoms with Crippen LogP contribution in [-0.2, 0) is 4.79 Å². The van der Waals surface area contributed by atoms with Gasteiger partial charge in [-0.15, -0.1) is 0 Å². The number of aliphatic imine (C=N–C) groups is 1. The van der Waals surface area contributed by atoms with Gasteiger partial charge in [0.1, 0.15) is 23.2 Å². The molecule has 146 valence electrons. The van der Waals surface area contributed by atoms with E-state index in [1.165, 1.54) is 38.5 Å². The van der Waals surface area contributed by atoms with Crippen molar-refractivity contribution in [2.45, 2.75) is 13.0 Å². The summed E-state index contributed by atoms with van der Waals surface area (Å²) in [5.41, 5.74) is 1.38. The fraction of sp³-hybridized carbons (Fsp3) is 0.250. The minimum absolute atomic E-state index is 0.359. The molecule has 1 aliphatic heterocycles. The van der Waals surface area contributed by atoms with Crippen LogP contribution < -0.4 is 20.1 Å². The van der Waals surface area contributed by atoms with E-state index in [2.05, 4.69) is 15.6 Å². The van der Waals surface area contributed by atoms with Crippen molar-refractivity contribution in [3.63, 3.8) is 0 Å². The van der Waals surface area contributed by atoms with E-state index in [-0.39, 0.29) is 5.91 Å². The Kier molecular flexibility index (Phi) is 5.58. The monoisotopic (exact) mass is 385 g/mol. The van der Waals surface area contributed by atoms with Crippen LogP contribution >= 0.6 is 0 Å². The van der Waals surface area contributed by atoms with Crippen molar-refractivity contribution >= 4 is 23.3 Å². The van der Waals surface area contributed by atoms with Crippen LogP contribution in [0.25, 0.3) is 0 Å². The van der Waals surface area contributed by atoms with Gasteiger partial charge in [0, 0.05) is 17.0 Å². The number of anilines is 1. The maximum atomic E-state index is 13.1. The van der Waals surface area contributed by atoms with Gasteiger partial charge < -0.3 is 20.1 Å². The van der Waals surface area contributed by atoms with Crippen LogP contribution in [-0.4, -0.2) is 31.9 Å². The van der Waals surface area contributed by atoms with Gasteiger partial charge in [-0.2, -0.15) is 0 Å². The van der Waals surface area contributed by atoms with E-state index in [9.17, 15) is 14.0 Å². The number of carbonyl (C=O) groups is 2. The largest absolute Gasteiger partial charge is 0.497 e. The Labute approximate surface area is 161 Å². The number of rotatable bonds is 5. The van der Waals surface area contributed by atoms with Gasteiger partial charge in [-0.3, -0.25) is 4.79 Å². The van der Waals surface area contributed by atoms with Crippen LogP contribution in [0.1, 0.15) is 18.5 Å². The average molecular weight is 385 g/mol. The number of halogens is 1. The second-order valence-electron chi connectivity index (χ2n) is 6.26. The number of ether oxygens (including phenoxy) is 2. The van der Waals surface area contributed by atoms with E-state index in [0.29, 0.717) is 28.5 Å². The molecule has 1 heterocycles. The van der Waals surface area contributed by atoms with E-state index < -0.39 is 23.8 Å². The van der Waals surface area contributed by atoms with Gasteiger partial charge in [-0.25, -0.2) is 14.2 Å². The normalized spacial score (nSPS) is 18.7. The van der Waals surface area contributed by atoms with Crippen molar-refractivity contribution in [1.82, 2.24) is 5.32 Å². The van der Waals surface area contributed by atoms with Gasteiger partial charge in [0.25, 0.3) is 0 Å². The summed E-state index contributed by atoms with van der Waals surface area (Å²) in [5, 5.41) is 5.47. The Morgan fingerprint density at radius 2 is 1.86 bits per heavy atom. The molecule has 0 radical (unpaired) electrons. The molecule has 0 saturated carbocycles. The summed E-state index contributed by atoms with van der Waals surface area (Å²) in [7, 11) is 3.03. The van der Waals surface area contributed by atoms with Crippen molar-refractivity contribution in [3.8, 4) is 11.5 Å². The zero-order valence-electron chi connectivity index (χ0n) is 15.7. The third kappa shape index (κ3) is 3.95. The van der Waals surface area contributed by atoms with Crippen LogP contribution in [0, 0.1) is 11.7 Å². The lowest BCUT2D eigenvalue weighted by Gasteiger charge is -2.31. The SMILES string of the molecule is COc1ccc(OC)c(C2NC(=O)N=C(C)C2C(=O)Nc2ccc(F)cc2)c1. The third-order valence-corrected chi connectivity index (χ3v) is 4.51. The highest BCUT2D eigenvalue weighted by molar-refractivity contribution is 6.13. The molecule has 2 aromatic rings. The van der Waals surface area contributed by atoms with Crippen molar-refractivity contribution in [1.29, 1.82) is 0 Å². The zero-order valence-corrected chi connectivity index (χ0v) is 15.7. The number of urea groups is 1. The highest BCUT2D eigenvalue weighted by atomic mass is 19.1. The topological polar surface area (TPSA) is 89.0 Å². The molecule has 0 aliphatic carbocycles. The minimum atomic E-state index is -0.788. The molecule has 0 aromatic heterocycles. The molecule has 1 aliphatic rings. The molecule has 2 unspecified atom stereocenters. The molecule has 28 heavy (non-hydrogen) atoms. The number of nitrogens with zero attached hydrogens (tertiary/aromatic N) is 1. The van der Waals surface area contributed by atoms with Gasteiger partial charge in [-0.05, 0) is 49.4 Å². The maximum Gasteiger partial charge on any atom is 0.341 e. The molecule has 2 aromatic carbocycles. The summed E-state index contributed by atoms with van der Waals surface area (Å²) in [6.07, 6.45) is 0. The standard InChI is InChI=1S/C20H20FN3O4/c1-11-17(19(25)23-13-6-4-12(21)5-7-13)18(24-20(26)22-11)15-10-14(27-2)8-9-16(15)28-3/h4-10,17-18H,1-3H3,(H,23,25)(H,24,26). The molecular weight excluding hydrogens is 365 g/mol. The Hall–Kier alpha value is -3.42. The van der Waals surface area contributed by atoms with Crippen LogP contribution in [0.3, 0.4) is 0 Å². The quantitative estimate of drug-likeness (QED) is 0.826. The number of amides is 3. The van der Waals surface area contributed by atoms with E-state index in [0.717, 1.165) is 0 Å². The second kappa shape index (κ2) is 8.08. The Bertz CT molecular complexity index is 928. The first-order valence-electron chi connectivity index (χ1n) is 8.57. The molecule has 0 saturated heterocycles. The summed E-state index contributed by atoms with van der Waals surface area (Å²) in [5.74, 6) is -0.519. The minimum Gasteiger partial charge on any atom is -0.497 e. The lowest BCUT2D eigenvalue weighted by Crippen LogP contribution is -2.45. The van der Waals surface area contributed by atoms with Crippen molar-refractivity contribution in [3.05, 3.63) is 53.8 Å². The molecule has 0 spiro atoms. The maximum absolute atomic E-state index is 13.1. The van der Waals surface area contributed by atoms with Crippen LogP contribution in [0.15, 0.2) is 47.5 Å². The second-order valence-corrected chi connectivity index (χ2v) is 6.26. The van der Waals surface area contributed by atoms with E-state index >= 15 is 0 Å². The third-order valence-electron chi connectivity index (χ3n) is 4.51. The number of hydrogen-bond acceptors (Lipinski definition) is 4. The van der Waals surface area contributed by atoms with Crippen LogP contribution in [0.2, 0.25) is 0 Å². The zero-order chi connectivity index (χ0) is 20.3. The van der Waals surface area contributed by atoms with Gasteiger partial charge >= 0.3 is 6.03 Å². The summed E-state index contributed by atoms with van der Waals surface area (Å²) in [6.45, 7) is 1.62. The van der Waals surface area contributed by atoms with Gasteiger partial charge in [0.2, 0.25) is 5.91 Å². The lowest BCUT2D eigenvalue weighted by molar-refractivity contribution is -0.118. The Morgan fingerprint density at radius 1 is 1.14 bits per heavy atom. The predicted molar refractivity (Wildman–Crippen MR) is 102 cm³/mol.